The molecule has 1 atom stereocenters. The molecule has 2 rings (SSSR count). The van der Waals surface area contributed by atoms with Crippen molar-refractivity contribution in [2.24, 2.45) is 0 Å². The topological polar surface area (TPSA) is 98.0 Å². The lowest BCUT2D eigenvalue weighted by molar-refractivity contribution is 0.153. The Kier molecular flexibility index (Phi) is 4.61. The van der Waals surface area contributed by atoms with Crippen molar-refractivity contribution in [3.05, 3.63) is 23.7 Å². The van der Waals surface area contributed by atoms with Crippen molar-refractivity contribution in [3.8, 4) is 5.95 Å². The molecule has 0 fully saturated rings. The molecule has 8 nitrogen and oxygen atoms in total. The van der Waals surface area contributed by atoms with E-state index in [4.69, 9.17) is 16.3 Å². The Bertz CT molecular complexity index is 521. The summed E-state index contributed by atoms with van der Waals surface area (Å²) in [5.74, 6) is 0.545. The monoisotopic (exact) mass is 284 g/mol. The van der Waals surface area contributed by atoms with Crippen LogP contribution < -0.4 is 5.32 Å². The minimum Gasteiger partial charge on any atom is -0.394 e. The van der Waals surface area contributed by atoms with Crippen LogP contribution in [0.1, 0.15) is 0 Å². The average molecular weight is 285 g/mol. The molecule has 9 heteroatoms. The van der Waals surface area contributed by atoms with Crippen molar-refractivity contribution in [1.29, 1.82) is 0 Å². The molecule has 19 heavy (non-hydrogen) atoms. The van der Waals surface area contributed by atoms with Crippen LogP contribution >= 0.6 is 11.6 Å². The molecule has 0 saturated carbocycles. The fraction of sp³-hybridized carbons (Fsp3) is 0.400. The van der Waals surface area contributed by atoms with Gasteiger partial charge in [0.05, 0.1) is 19.3 Å². The number of hydrogen-bond donors (Lipinski definition) is 2. The maximum absolute atomic E-state index is 9.18. The lowest BCUT2D eigenvalue weighted by atomic mass is 10.3. The number of halogens is 1. The molecule has 0 aliphatic carbocycles. The zero-order valence-electron chi connectivity index (χ0n) is 10.2. The summed E-state index contributed by atoms with van der Waals surface area (Å²) in [4.78, 5) is 12.1. The SMILES string of the molecule is COCC(CO)Nc1nc(Cl)nc(-n2cccn2)n1. The van der Waals surface area contributed by atoms with Gasteiger partial charge in [-0.05, 0) is 17.7 Å². The maximum atomic E-state index is 9.18. The number of aromatic nitrogens is 5. The van der Waals surface area contributed by atoms with Crippen molar-refractivity contribution >= 4 is 17.5 Å². The third-order valence-corrected chi connectivity index (χ3v) is 2.40. The van der Waals surface area contributed by atoms with E-state index in [9.17, 15) is 5.11 Å². The average Bonchev–Trinajstić information content (AvgIpc) is 2.91. The van der Waals surface area contributed by atoms with Crippen LogP contribution in [0.4, 0.5) is 5.95 Å². The number of hydrogen-bond acceptors (Lipinski definition) is 7. The molecular weight excluding hydrogens is 272 g/mol. The standard InChI is InChI=1S/C10H13ClN6O2/c1-19-6-7(5-18)13-9-14-8(11)15-10(16-9)17-4-2-3-12-17/h2-4,7,18H,5-6H2,1H3,(H,13,14,15,16). The second-order valence-corrected chi connectivity index (χ2v) is 4.00. The molecule has 0 amide bonds. The predicted molar refractivity (Wildman–Crippen MR) is 68.3 cm³/mol. The van der Waals surface area contributed by atoms with Crippen LogP contribution in [0.3, 0.4) is 0 Å². The van der Waals surface area contributed by atoms with E-state index in [0.717, 1.165) is 0 Å². The second kappa shape index (κ2) is 6.41. The quantitative estimate of drug-likeness (QED) is 0.778. The minimum atomic E-state index is -0.325. The molecule has 0 aromatic carbocycles. The number of rotatable bonds is 6. The van der Waals surface area contributed by atoms with Crippen molar-refractivity contribution in [1.82, 2.24) is 24.7 Å². The zero-order chi connectivity index (χ0) is 13.7. The highest BCUT2D eigenvalue weighted by molar-refractivity contribution is 6.28. The van der Waals surface area contributed by atoms with Crippen molar-refractivity contribution in [2.75, 3.05) is 25.6 Å². The summed E-state index contributed by atoms with van der Waals surface area (Å²) >= 11 is 5.83. The lowest BCUT2D eigenvalue weighted by Crippen LogP contribution is -2.30. The molecule has 2 aromatic heterocycles. The Morgan fingerprint density at radius 3 is 2.95 bits per heavy atom. The van der Waals surface area contributed by atoms with Gasteiger partial charge in [0.2, 0.25) is 11.2 Å². The van der Waals surface area contributed by atoms with Crippen LogP contribution in [0.2, 0.25) is 5.28 Å². The molecule has 102 valence electrons. The highest BCUT2D eigenvalue weighted by atomic mass is 35.5. The number of aliphatic hydroxyl groups is 1. The first-order valence-electron chi connectivity index (χ1n) is 5.51. The van der Waals surface area contributed by atoms with Gasteiger partial charge in [-0.25, -0.2) is 4.68 Å². The van der Waals surface area contributed by atoms with E-state index in [1.807, 2.05) is 0 Å². The maximum Gasteiger partial charge on any atom is 0.256 e. The Labute approximate surface area is 114 Å². The van der Waals surface area contributed by atoms with Crippen LogP contribution in [-0.2, 0) is 4.74 Å². The second-order valence-electron chi connectivity index (χ2n) is 3.66. The molecule has 0 aliphatic rings. The fourth-order valence-corrected chi connectivity index (χ4v) is 1.57. The Hall–Kier alpha value is -1.77. The van der Waals surface area contributed by atoms with Gasteiger partial charge in [-0.2, -0.15) is 20.1 Å². The molecular formula is C10H13ClN6O2. The van der Waals surface area contributed by atoms with Gasteiger partial charge in [-0.1, -0.05) is 0 Å². The number of nitrogens with one attached hydrogen (secondary N) is 1. The van der Waals surface area contributed by atoms with Gasteiger partial charge in [0.25, 0.3) is 5.95 Å². The van der Waals surface area contributed by atoms with Crippen molar-refractivity contribution < 1.29 is 9.84 Å². The summed E-state index contributed by atoms with van der Waals surface area (Å²) in [6, 6.07) is 1.42. The van der Waals surface area contributed by atoms with Crippen LogP contribution in [0.25, 0.3) is 5.95 Å². The summed E-state index contributed by atoms with van der Waals surface area (Å²) in [7, 11) is 1.54. The van der Waals surface area contributed by atoms with E-state index in [-0.39, 0.29) is 23.9 Å². The van der Waals surface area contributed by atoms with Crippen LogP contribution in [-0.4, -0.2) is 56.2 Å². The van der Waals surface area contributed by atoms with Crippen LogP contribution in [0.5, 0.6) is 0 Å². The highest BCUT2D eigenvalue weighted by Crippen LogP contribution is 2.09. The minimum absolute atomic E-state index is 0.0390. The predicted octanol–water partition coefficient (Wildman–Crippen LogP) is 0.130. The van der Waals surface area contributed by atoms with Crippen LogP contribution in [0, 0.1) is 0 Å². The van der Waals surface area contributed by atoms with Gasteiger partial charge < -0.3 is 15.2 Å². The van der Waals surface area contributed by atoms with Gasteiger partial charge in [-0.15, -0.1) is 0 Å². The van der Waals surface area contributed by atoms with E-state index in [1.165, 1.54) is 4.68 Å². The van der Waals surface area contributed by atoms with Crippen LogP contribution in [0.15, 0.2) is 18.5 Å². The summed E-state index contributed by atoms with van der Waals surface area (Å²) in [6.07, 6.45) is 3.29. The molecule has 2 N–H and O–H groups in total. The number of methoxy groups -OCH3 is 1. The molecule has 0 aliphatic heterocycles. The lowest BCUT2D eigenvalue weighted by Gasteiger charge is -2.15. The van der Waals surface area contributed by atoms with E-state index in [1.54, 1.807) is 25.6 Å². The molecule has 0 saturated heterocycles. The van der Waals surface area contributed by atoms with Crippen molar-refractivity contribution in [3.63, 3.8) is 0 Å². The smallest absolute Gasteiger partial charge is 0.256 e. The molecule has 0 spiro atoms. The summed E-state index contributed by atoms with van der Waals surface area (Å²) in [5.41, 5.74) is 0. The number of nitrogens with zero attached hydrogens (tertiary/aromatic N) is 5. The first-order chi connectivity index (χ1) is 9.22. The van der Waals surface area contributed by atoms with Gasteiger partial charge in [0.15, 0.2) is 0 Å². The van der Waals surface area contributed by atoms with Gasteiger partial charge in [0, 0.05) is 19.5 Å². The van der Waals surface area contributed by atoms with Crippen molar-refractivity contribution in [2.45, 2.75) is 6.04 Å². The molecule has 2 heterocycles. The van der Waals surface area contributed by atoms with Gasteiger partial charge in [0.1, 0.15) is 0 Å². The summed E-state index contributed by atoms with van der Waals surface area (Å²) in [6.45, 7) is 0.200. The summed E-state index contributed by atoms with van der Waals surface area (Å²) in [5, 5.41) is 16.1. The third kappa shape index (κ3) is 3.60. The van der Waals surface area contributed by atoms with Gasteiger partial charge in [-0.3, -0.25) is 0 Å². The Balaban J connectivity index is 2.21. The summed E-state index contributed by atoms with van der Waals surface area (Å²) < 4.78 is 6.42. The fourth-order valence-electron chi connectivity index (χ4n) is 1.42. The van der Waals surface area contributed by atoms with E-state index in [0.29, 0.717) is 12.6 Å². The largest absolute Gasteiger partial charge is 0.394 e. The van der Waals surface area contributed by atoms with Gasteiger partial charge >= 0.3 is 0 Å². The van der Waals surface area contributed by atoms with E-state index < -0.39 is 0 Å². The number of anilines is 1. The zero-order valence-corrected chi connectivity index (χ0v) is 10.9. The number of aliphatic hydroxyl groups excluding tert-OH is 1. The van der Waals surface area contributed by atoms with E-state index >= 15 is 0 Å². The highest BCUT2D eigenvalue weighted by Gasteiger charge is 2.12. The normalized spacial score (nSPS) is 12.4. The number of ether oxygens (including phenoxy) is 1. The first-order valence-corrected chi connectivity index (χ1v) is 5.88. The Morgan fingerprint density at radius 1 is 1.47 bits per heavy atom. The first kappa shape index (κ1) is 13.7. The molecule has 0 bridgehead atoms. The molecule has 1 unspecified atom stereocenters. The molecule has 2 aromatic rings. The Morgan fingerprint density at radius 2 is 2.32 bits per heavy atom. The third-order valence-electron chi connectivity index (χ3n) is 2.23. The van der Waals surface area contributed by atoms with E-state index in [2.05, 4.69) is 25.4 Å². The molecule has 0 radical (unpaired) electrons.